The van der Waals surface area contributed by atoms with Crippen LogP contribution in [0, 0.1) is 0 Å². The third-order valence-electron chi connectivity index (χ3n) is 3.30. The molecule has 3 amide bonds. The van der Waals surface area contributed by atoms with Crippen molar-refractivity contribution in [1.82, 2.24) is 9.80 Å². The van der Waals surface area contributed by atoms with Crippen LogP contribution in [0.3, 0.4) is 0 Å². The molecule has 0 aromatic heterocycles. The number of hydrogen-bond donors (Lipinski definition) is 1. The standard InChI is InChI=1S/C14H17N3O3.ClH/c1-9(15)12(18)16(2)7-8-17-13(19)10-5-3-4-6-11(10)14(17)20;/h3-6,9H,7-8,15H2,1-2H3;1H/t9-;/m1./s1. The fourth-order valence-electron chi connectivity index (χ4n) is 2.15. The minimum absolute atomic E-state index is 0. The third-order valence-corrected chi connectivity index (χ3v) is 3.30. The first kappa shape index (κ1) is 17.1. The molecule has 1 atom stereocenters. The summed E-state index contributed by atoms with van der Waals surface area (Å²) < 4.78 is 0. The van der Waals surface area contributed by atoms with Crippen LogP contribution in [0.1, 0.15) is 27.6 Å². The van der Waals surface area contributed by atoms with Gasteiger partial charge in [0.15, 0.2) is 0 Å². The second-order valence-corrected chi connectivity index (χ2v) is 4.86. The fourth-order valence-corrected chi connectivity index (χ4v) is 2.15. The Kier molecular flexibility index (Phi) is 5.46. The molecule has 0 saturated carbocycles. The van der Waals surface area contributed by atoms with E-state index in [-0.39, 0.29) is 43.2 Å². The first-order valence-corrected chi connectivity index (χ1v) is 6.39. The highest BCUT2D eigenvalue weighted by atomic mass is 35.5. The normalized spacial score (nSPS) is 14.5. The third kappa shape index (κ3) is 3.22. The summed E-state index contributed by atoms with van der Waals surface area (Å²) in [7, 11) is 1.60. The zero-order valence-electron chi connectivity index (χ0n) is 11.9. The average molecular weight is 312 g/mol. The van der Waals surface area contributed by atoms with Gasteiger partial charge < -0.3 is 10.6 Å². The lowest BCUT2D eigenvalue weighted by molar-refractivity contribution is -0.130. The van der Waals surface area contributed by atoms with Gasteiger partial charge in [-0.25, -0.2) is 0 Å². The molecule has 0 fully saturated rings. The zero-order valence-corrected chi connectivity index (χ0v) is 12.7. The van der Waals surface area contributed by atoms with E-state index in [2.05, 4.69) is 0 Å². The Labute approximate surface area is 129 Å². The summed E-state index contributed by atoms with van der Waals surface area (Å²) in [6.45, 7) is 2.04. The molecule has 0 aliphatic carbocycles. The summed E-state index contributed by atoms with van der Waals surface area (Å²) in [5.41, 5.74) is 6.34. The van der Waals surface area contributed by atoms with Gasteiger partial charge in [-0.1, -0.05) is 12.1 Å². The Balaban J connectivity index is 0.00000220. The molecule has 0 spiro atoms. The number of fused-ring (bicyclic) bond motifs is 1. The predicted molar refractivity (Wildman–Crippen MR) is 80.3 cm³/mol. The van der Waals surface area contributed by atoms with Crippen molar-refractivity contribution >= 4 is 30.1 Å². The second-order valence-electron chi connectivity index (χ2n) is 4.86. The summed E-state index contributed by atoms with van der Waals surface area (Å²) in [5.74, 6) is -0.846. The lowest BCUT2D eigenvalue weighted by atomic mass is 10.1. The van der Waals surface area contributed by atoms with Crippen molar-refractivity contribution in [3.63, 3.8) is 0 Å². The number of rotatable bonds is 4. The van der Waals surface area contributed by atoms with E-state index in [0.29, 0.717) is 11.1 Å². The molecule has 21 heavy (non-hydrogen) atoms. The van der Waals surface area contributed by atoms with Crippen molar-refractivity contribution < 1.29 is 14.4 Å². The molecule has 114 valence electrons. The molecule has 6 nitrogen and oxygen atoms in total. The predicted octanol–water partition coefficient (Wildman–Crippen LogP) is 0.510. The number of nitrogens with two attached hydrogens (primary N) is 1. The first-order valence-electron chi connectivity index (χ1n) is 6.39. The van der Waals surface area contributed by atoms with Crippen molar-refractivity contribution in [3.05, 3.63) is 35.4 Å². The number of likely N-dealkylation sites (N-methyl/N-ethyl adjacent to an activating group) is 1. The van der Waals surface area contributed by atoms with Crippen LogP contribution < -0.4 is 5.73 Å². The van der Waals surface area contributed by atoms with E-state index in [1.807, 2.05) is 0 Å². The van der Waals surface area contributed by atoms with E-state index in [1.165, 1.54) is 4.90 Å². The number of nitrogens with zero attached hydrogens (tertiary/aromatic N) is 2. The Morgan fingerprint density at radius 1 is 1.24 bits per heavy atom. The molecular weight excluding hydrogens is 294 g/mol. The van der Waals surface area contributed by atoms with Gasteiger partial charge in [-0.15, -0.1) is 12.4 Å². The van der Waals surface area contributed by atoms with Crippen molar-refractivity contribution in [2.24, 2.45) is 5.73 Å². The number of carbonyl (C=O) groups excluding carboxylic acids is 3. The van der Waals surface area contributed by atoms with Crippen LogP contribution in [0.5, 0.6) is 0 Å². The number of benzene rings is 1. The van der Waals surface area contributed by atoms with Gasteiger partial charge in [-0.05, 0) is 19.1 Å². The van der Waals surface area contributed by atoms with Gasteiger partial charge in [0.1, 0.15) is 0 Å². The van der Waals surface area contributed by atoms with Gasteiger partial charge in [0.2, 0.25) is 5.91 Å². The molecule has 0 unspecified atom stereocenters. The summed E-state index contributed by atoms with van der Waals surface area (Å²) >= 11 is 0. The Hall–Kier alpha value is -1.92. The topological polar surface area (TPSA) is 83.7 Å². The Morgan fingerprint density at radius 3 is 2.14 bits per heavy atom. The van der Waals surface area contributed by atoms with Gasteiger partial charge in [0, 0.05) is 20.1 Å². The van der Waals surface area contributed by atoms with Crippen LogP contribution in [0.4, 0.5) is 0 Å². The molecule has 1 aromatic rings. The van der Waals surface area contributed by atoms with Gasteiger partial charge in [-0.2, -0.15) is 0 Å². The summed E-state index contributed by atoms with van der Waals surface area (Å²) in [6.07, 6.45) is 0. The molecule has 7 heteroatoms. The van der Waals surface area contributed by atoms with E-state index in [4.69, 9.17) is 5.73 Å². The monoisotopic (exact) mass is 311 g/mol. The van der Waals surface area contributed by atoms with Gasteiger partial charge in [-0.3, -0.25) is 19.3 Å². The molecule has 0 saturated heterocycles. The van der Waals surface area contributed by atoms with E-state index < -0.39 is 6.04 Å². The number of imide groups is 1. The quantitative estimate of drug-likeness (QED) is 0.821. The van der Waals surface area contributed by atoms with Gasteiger partial charge >= 0.3 is 0 Å². The number of halogens is 1. The van der Waals surface area contributed by atoms with E-state index in [0.717, 1.165) is 4.90 Å². The molecule has 2 N–H and O–H groups in total. The molecule has 2 rings (SSSR count). The van der Waals surface area contributed by atoms with Crippen LogP contribution >= 0.6 is 12.4 Å². The molecule has 1 aliphatic rings. The molecule has 1 aliphatic heterocycles. The van der Waals surface area contributed by atoms with Crippen molar-refractivity contribution in [1.29, 1.82) is 0 Å². The minimum Gasteiger partial charge on any atom is -0.343 e. The summed E-state index contributed by atoms with van der Waals surface area (Å²) in [4.78, 5) is 38.4. The molecule has 0 radical (unpaired) electrons. The average Bonchev–Trinajstić information content (AvgIpc) is 2.68. The summed E-state index contributed by atoms with van der Waals surface area (Å²) in [5, 5.41) is 0. The summed E-state index contributed by atoms with van der Waals surface area (Å²) in [6, 6.07) is 6.11. The van der Waals surface area contributed by atoms with Gasteiger partial charge in [0.25, 0.3) is 11.8 Å². The SMILES string of the molecule is C[C@@H](N)C(=O)N(C)CCN1C(=O)c2ccccc2C1=O.Cl. The Morgan fingerprint density at radius 2 is 1.71 bits per heavy atom. The number of carbonyl (C=O) groups is 3. The van der Waals surface area contributed by atoms with E-state index >= 15 is 0 Å². The van der Waals surface area contributed by atoms with Crippen LogP contribution in [-0.2, 0) is 4.79 Å². The second kappa shape index (κ2) is 6.69. The van der Waals surface area contributed by atoms with Gasteiger partial charge in [0.05, 0.1) is 17.2 Å². The lowest BCUT2D eigenvalue weighted by Crippen LogP contribution is -2.44. The maximum Gasteiger partial charge on any atom is 0.261 e. The number of hydrogen-bond acceptors (Lipinski definition) is 4. The van der Waals surface area contributed by atoms with Crippen molar-refractivity contribution in [3.8, 4) is 0 Å². The molecular formula is C14H18ClN3O3. The Bertz CT molecular complexity index is 539. The van der Waals surface area contributed by atoms with E-state index in [9.17, 15) is 14.4 Å². The molecule has 0 bridgehead atoms. The van der Waals surface area contributed by atoms with Crippen LogP contribution in [0.25, 0.3) is 0 Å². The van der Waals surface area contributed by atoms with Crippen LogP contribution in [-0.4, -0.2) is 53.7 Å². The maximum atomic E-state index is 12.1. The highest BCUT2D eigenvalue weighted by Crippen LogP contribution is 2.21. The highest BCUT2D eigenvalue weighted by molar-refractivity contribution is 6.21. The van der Waals surface area contributed by atoms with Crippen LogP contribution in [0.2, 0.25) is 0 Å². The fraction of sp³-hybridized carbons (Fsp3) is 0.357. The van der Waals surface area contributed by atoms with Crippen molar-refractivity contribution in [2.75, 3.05) is 20.1 Å². The van der Waals surface area contributed by atoms with Crippen molar-refractivity contribution in [2.45, 2.75) is 13.0 Å². The minimum atomic E-state index is -0.595. The van der Waals surface area contributed by atoms with Crippen LogP contribution in [0.15, 0.2) is 24.3 Å². The zero-order chi connectivity index (χ0) is 14.9. The maximum absolute atomic E-state index is 12.1. The highest BCUT2D eigenvalue weighted by Gasteiger charge is 2.35. The smallest absolute Gasteiger partial charge is 0.261 e. The van der Waals surface area contributed by atoms with E-state index in [1.54, 1.807) is 38.2 Å². The molecule has 1 heterocycles. The number of amides is 3. The lowest BCUT2D eigenvalue weighted by Gasteiger charge is -2.22. The largest absolute Gasteiger partial charge is 0.343 e. The molecule has 1 aromatic carbocycles. The first-order chi connectivity index (χ1) is 9.43.